The van der Waals surface area contributed by atoms with Gasteiger partial charge in [-0.2, -0.15) is 0 Å². The van der Waals surface area contributed by atoms with Crippen LogP contribution in [0, 0.1) is 5.92 Å². The van der Waals surface area contributed by atoms with Gasteiger partial charge >= 0.3 is 5.97 Å². The van der Waals surface area contributed by atoms with Crippen LogP contribution >= 0.6 is 27.7 Å². The lowest BCUT2D eigenvalue weighted by Crippen LogP contribution is -2.08. The highest BCUT2D eigenvalue weighted by Gasteiger charge is 2.29. The Kier molecular flexibility index (Phi) is 2.34. The van der Waals surface area contributed by atoms with Crippen molar-refractivity contribution in [2.75, 3.05) is 0 Å². The molecule has 0 aromatic carbocycles. The van der Waals surface area contributed by atoms with Crippen molar-refractivity contribution in [1.82, 2.24) is 0 Å². The maximum absolute atomic E-state index is 10.7. The van der Waals surface area contributed by atoms with E-state index in [9.17, 15) is 4.79 Å². The Morgan fingerprint density at radius 2 is 2.31 bits per heavy atom. The lowest BCUT2D eigenvalue weighted by molar-refractivity contribution is -0.131. The fraction of sp³-hybridized carbons (Fsp3) is 0.222. The summed E-state index contributed by atoms with van der Waals surface area (Å²) in [7, 11) is 0. The van der Waals surface area contributed by atoms with Gasteiger partial charge in [0, 0.05) is 15.7 Å². The van der Waals surface area contributed by atoms with Crippen LogP contribution in [0.15, 0.2) is 33.7 Å². The van der Waals surface area contributed by atoms with E-state index in [2.05, 4.69) is 15.9 Å². The van der Waals surface area contributed by atoms with Gasteiger partial charge in [-0.3, -0.25) is 0 Å². The van der Waals surface area contributed by atoms with Gasteiger partial charge in [0.05, 0.1) is 4.91 Å². The number of allylic oxidation sites excluding steroid dienone is 4. The maximum Gasteiger partial charge on any atom is 0.341 e. The van der Waals surface area contributed by atoms with Crippen LogP contribution < -0.4 is 0 Å². The quantitative estimate of drug-likeness (QED) is 0.786. The number of carboxylic acid groups (broad SMARTS) is 1. The second-order valence-corrected chi connectivity index (χ2v) is 5.04. The monoisotopic (exact) mass is 258 g/mol. The van der Waals surface area contributed by atoms with E-state index in [4.69, 9.17) is 5.11 Å². The number of hydrogen-bond acceptors (Lipinski definition) is 2. The highest BCUT2D eigenvalue weighted by Crippen LogP contribution is 2.41. The number of thioether (sulfide) groups is 1. The zero-order chi connectivity index (χ0) is 9.42. The molecule has 68 valence electrons. The first-order valence-corrected chi connectivity index (χ1v) is 5.51. The largest absolute Gasteiger partial charge is 0.477 e. The molecule has 1 aliphatic carbocycles. The van der Waals surface area contributed by atoms with Gasteiger partial charge in [0.1, 0.15) is 0 Å². The van der Waals surface area contributed by atoms with Gasteiger partial charge in [-0.1, -0.05) is 40.2 Å². The van der Waals surface area contributed by atoms with Gasteiger partial charge in [-0.25, -0.2) is 4.79 Å². The van der Waals surface area contributed by atoms with Crippen molar-refractivity contribution >= 4 is 33.7 Å². The summed E-state index contributed by atoms with van der Waals surface area (Å²) in [5.74, 6) is -0.574. The van der Waals surface area contributed by atoms with E-state index >= 15 is 0 Å². The Labute approximate surface area is 88.5 Å². The minimum Gasteiger partial charge on any atom is -0.477 e. The molecule has 0 aromatic rings. The van der Waals surface area contributed by atoms with Gasteiger partial charge in [0.2, 0.25) is 0 Å². The number of halogens is 1. The number of fused-ring (bicyclic) bond motifs is 1. The van der Waals surface area contributed by atoms with Crippen molar-refractivity contribution in [1.29, 1.82) is 0 Å². The first-order chi connectivity index (χ1) is 6.16. The van der Waals surface area contributed by atoms with Crippen molar-refractivity contribution in [3.05, 3.63) is 33.7 Å². The molecule has 0 amide bonds. The molecule has 13 heavy (non-hydrogen) atoms. The maximum atomic E-state index is 10.7. The van der Waals surface area contributed by atoms with E-state index in [0.29, 0.717) is 4.91 Å². The molecule has 2 nitrogen and oxygen atoms in total. The molecule has 1 aliphatic heterocycles. The molecular formula is C9H7BrO2S. The predicted octanol–water partition coefficient (Wildman–Crippen LogP) is 2.54. The van der Waals surface area contributed by atoms with E-state index in [0.717, 1.165) is 4.48 Å². The van der Waals surface area contributed by atoms with Crippen LogP contribution in [0.4, 0.5) is 0 Å². The highest BCUT2D eigenvalue weighted by atomic mass is 79.9. The fourth-order valence-electron chi connectivity index (χ4n) is 1.38. The summed E-state index contributed by atoms with van der Waals surface area (Å²) < 4.78 is 1.03. The molecule has 1 N–H and O–H groups in total. The number of rotatable bonds is 1. The Morgan fingerprint density at radius 3 is 3.00 bits per heavy atom. The molecule has 2 unspecified atom stereocenters. The summed E-state index contributed by atoms with van der Waals surface area (Å²) in [4.78, 5) is 11.1. The fourth-order valence-corrected chi connectivity index (χ4v) is 3.16. The van der Waals surface area contributed by atoms with Crippen LogP contribution in [-0.4, -0.2) is 16.3 Å². The van der Waals surface area contributed by atoms with Gasteiger partial charge in [-0.05, 0) is 0 Å². The molecule has 0 saturated heterocycles. The van der Waals surface area contributed by atoms with Crippen LogP contribution in [0.2, 0.25) is 0 Å². The van der Waals surface area contributed by atoms with Gasteiger partial charge in [0.15, 0.2) is 0 Å². The van der Waals surface area contributed by atoms with Crippen molar-refractivity contribution in [3.8, 4) is 0 Å². The van der Waals surface area contributed by atoms with Crippen LogP contribution in [0.5, 0.6) is 0 Å². The number of carboxylic acids is 1. The Bertz CT molecular complexity index is 344. The average molecular weight is 259 g/mol. The van der Waals surface area contributed by atoms with E-state index in [1.165, 1.54) is 11.8 Å². The van der Waals surface area contributed by atoms with E-state index < -0.39 is 5.97 Å². The minimum absolute atomic E-state index is 0.248. The Balaban J connectivity index is 2.22. The van der Waals surface area contributed by atoms with Crippen molar-refractivity contribution in [3.63, 3.8) is 0 Å². The van der Waals surface area contributed by atoms with Crippen molar-refractivity contribution in [2.24, 2.45) is 5.92 Å². The smallest absolute Gasteiger partial charge is 0.341 e. The lowest BCUT2D eigenvalue weighted by Gasteiger charge is -2.14. The van der Waals surface area contributed by atoms with Gasteiger partial charge in [0.25, 0.3) is 0 Å². The standard InChI is InChI=1S/C9H7BrO2S/c10-6-2-1-5-3-8(9(11)12)13-7(5)4-6/h1-5,7H,(H,11,12). The summed E-state index contributed by atoms with van der Waals surface area (Å²) in [6.45, 7) is 0. The van der Waals surface area contributed by atoms with Crippen LogP contribution in [0.3, 0.4) is 0 Å². The Morgan fingerprint density at radius 1 is 1.54 bits per heavy atom. The molecule has 2 aliphatic rings. The molecule has 0 aromatic heterocycles. The zero-order valence-electron chi connectivity index (χ0n) is 6.61. The molecule has 0 fully saturated rings. The van der Waals surface area contributed by atoms with E-state index in [-0.39, 0.29) is 11.2 Å². The van der Waals surface area contributed by atoms with Crippen molar-refractivity contribution in [2.45, 2.75) is 5.25 Å². The summed E-state index contributed by atoms with van der Waals surface area (Å²) >= 11 is 4.78. The molecular weight excluding hydrogens is 252 g/mol. The zero-order valence-corrected chi connectivity index (χ0v) is 9.01. The second kappa shape index (κ2) is 3.35. The number of aliphatic carboxylic acids is 1. The third-order valence-corrected chi connectivity index (χ3v) is 3.81. The average Bonchev–Trinajstić information content (AvgIpc) is 2.46. The third kappa shape index (κ3) is 1.74. The van der Waals surface area contributed by atoms with Gasteiger partial charge in [-0.15, -0.1) is 11.8 Å². The SMILES string of the molecule is O=C(O)C1=CC2C=CC(Br)=CC2S1. The topological polar surface area (TPSA) is 37.3 Å². The molecule has 0 spiro atoms. The normalized spacial score (nSPS) is 30.8. The molecule has 0 bridgehead atoms. The molecule has 0 radical (unpaired) electrons. The summed E-state index contributed by atoms with van der Waals surface area (Å²) in [5.41, 5.74) is 0. The minimum atomic E-state index is -0.822. The van der Waals surface area contributed by atoms with E-state index in [1.54, 1.807) is 0 Å². The number of hydrogen-bond donors (Lipinski definition) is 1. The summed E-state index contributed by atoms with van der Waals surface area (Å²) in [5, 5.41) is 9.04. The second-order valence-electron chi connectivity index (χ2n) is 2.91. The highest BCUT2D eigenvalue weighted by molar-refractivity contribution is 9.11. The molecule has 2 atom stereocenters. The molecule has 1 heterocycles. The van der Waals surface area contributed by atoms with E-state index in [1.807, 2.05) is 24.3 Å². The third-order valence-electron chi connectivity index (χ3n) is 2.00. The van der Waals surface area contributed by atoms with Crippen LogP contribution in [-0.2, 0) is 4.79 Å². The first kappa shape index (κ1) is 9.09. The number of carbonyl (C=O) groups is 1. The van der Waals surface area contributed by atoms with Gasteiger partial charge < -0.3 is 5.11 Å². The van der Waals surface area contributed by atoms with Crippen LogP contribution in [0.25, 0.3) is 0 Å². The molecule has 2 rings (SSSR count). The molecule has 4 heteroatoms. The Hall–Kier alpha value is -0.480. The summed E-state index contributed by atoms with van der Waals surface area (Å²) in [6.07, 6.45) is 7.84. The predicted molar refractivity (Wildman–Crippen MR) is 56.7 cm³/mol. The lowest BCUT2D eigenvalue weighted by atomic mass is 10.0. The van der Waals surface area contributed by atoms with Crippen LogP contribution in [0.1, 0.15) is 0 Å². The first-order valence-electron chi connectivity index (χ1n) is 3.84. The van der Waals surface area contributed by atoms with Crippen molar-refractivity contribution < 1.29 is 9.90 Å². The summed E-state index contributed by atoms with van der Waals surface area (Å²) in [6, 6.07) is 0. The molecule has 0 saturated carbocycles.